The third-order valence-electron chi connectivity index (χ3n) is 4.27. The standard InChI is InChI=1S/C18H23FN4/c1-3-15-12-18(21-13(2)20-15)22-16-7-9-23(10-8-16)17-6-4-5-14(19)11-17/h4-6,11-12,16H,3,7-10H2,1-2H3,(H,20,21,22). The number of anilines is 2. The van der Waals surface area contributed by atoms with Crippen LogP contribution in [-0.2, 0) is 6.42 Å². The van der Waals surface area contributed by atoms with E-state index in [2.05, 4.69) is 27.1 Å². The first-order valence-electron chi connectivity index (χ1n) is 8.25. The summed E-state index contributed by atoms with van der Waals surface area (Å²) in [4.78, 5) is 11.1. The molecule has 1 fully saturated rings. The van der Waals surface area contributed by atoms with Gasteiger partial charge in [0.2, 0.25) is 0 Å². The fourth-order valence-corrected chi connectivity index (χ4v) is 3.05. The Bertz CT molecular complexity index is 666. The van der Waals surface area contributed by atoms with Crippen LogP contribution in [0.5, 0.6) is 0 Å². The lowest BCUT2D eigenvalue weighted by molar-refractivity contribution is 0.524. The second kappa shape index (κ2) is 6.94. The Morgan fingerprint density at radius 1 is 1.22 bits per heavy atom. The van der Waals surface area contributed by atoms with Crippen molar-refractivity contribution in [2.45, 2.75) is 39.2 Å². The molecule has 0 unspecified atom stereocenters. The van der Waals surface area contributed by atoms with E-state index in [0.717, 1.165) is 55.4 Å². The quantitative estimate of drug-likeness (QED) is 0.937. The van der Waals surface area contributed by atoms with Gasteiger partial charge in [-0.2, -0.15) is 0 Å². The van der Waals surface area contributed by atoms with E-state index < -0.39 is 0 Å². The average Bonchev–Trinajstić information content (AvgIpc) is 2.55. The lowest BCUT2D eigenvalue weighted by Gasteiger charge is -2.34. The Balaban J connectivity index is 1.60. The molecule has 0 amide bonds. The minimum absolute atomic E-state index is 0.175. The van der Waals surface area contributed by atoms with Gasteiger partial charge in [-0.1, -0.05) is 13.0 Å². The van der Waals surface area contributed by atoms with Gasteiger partial charge < -0.3 is 10.2 Å². The summed E-state index contributed by atoms with van der Waals surface area (Å²) in [6.45, 7) is 5.87. The molecule has 1 N–H and O–H groups in total. The zero-order valence-corrected chi connectivity index (χ0v) is 13.7. The van der Waals surface area contributed by atoms with Gasteiger partial charge in [0, 0.05) is 36.6 Å². The summed E-state index contributed by atoms with van der Waals surface area (Å²) in [6, 6.07) is 9.27. The van der Waals surface area contributed by atoms with Gasteiger partial charge in [-0.3, -0.25) is 0 Å². The highest BCUT2D eigenvalue weighted by Crippen LogP contribution is 2.22. The number of rotatable bonds is 4. The van der Waals surface area contributed by atoms with Gasteiger partial charge in [-0.05, 0) is 44.4 Å². The van der Waals surface area contributed by atoms with Crippen molar-refractivity contribution < 1.29 is 4.39 Å². The maximum Gasteiger partial charge on any atom is 0.130 e. The molecule has 3 rings (SSSR count). The number of aryl methyl sites for hydroxylation is 2. The van der Waals surface area contributed by atoms with Crippen LogP contribution in [0.15, 0.2) is 30.3 Å². The van der Waals surface area contributed by atoms with Gasteiger partial charge in [-0.25, -0.2) is 14.4 Å². The minimum atomic E-state index is -0.175. The molecule has 4 nitrogen and oxygen atoms in total. The Morgan fingerprint density at radius 3 is 2.70 bits per heavy atom. The molecule has 0 aliphatic carbocycles. The fraction of sp³-hybridized carbons (Fsp3) is 0.444. The third-order valence-corrected chi connectivity index (χ3v) is 4.27. The molecule has 1 aliphatic rings. The highest BCUT2D eigenvalue weighted by atomic mass is 19.1. The molecule has 122 valence electrons. The van der Waals surface area contributed by atoms with Crippen molar-refractivity contribution in [3.05, 3.63) is 47.7 Å². The van der Waals surface area contributed by atoms with Crippen LogP contribution >= 0.6 is 0 Å². The van der Waals surface area contributed by atoms with Crippen LogP contribution in [0.1, 0.15) is 31.3 Å². The van der Waals surface area contributed by atoms with Crippen molar-refractivity contribution in [3.63, 3.8) is 0 Å². The van der Waals surface area contributed by atoms with Gasteiger partial charge in [0.25, 0.3) is 0 Å². The Morgan fingerprint density at radius 2 is 2.00 bits per heavy atom. The zero-order chi connectivity index (χ0) is 16.2. The Hall–Kier alpha value is -2.17. The van der Waals surface area contributed by atoms with Crippen molar-refractivity contribution in [3.8, 4) is 0 Å². The van der Waals surface area contributed by atoms with Crippen molar-refractivity contribution >= 4 is 11.5 Å². The number of hydrogen-bond acceptors (Lipinski definition) is 4. The van der Waals surface area contributed by atoms with Crippen molar-refractivity contribution in [2.75, 3.05) is 23.3 Å². The Kier molecular flexibility index (Phi) is 4.74. The number of nitrogens with zero attached hydrogens (tertiary/aromatic N) is 3. The zero-order valence-electron chi connectivity index (χ0n) is 13.7. The summed E-state index contributed by atoms with van der Waals surface area (Å²) in [7, 11) is 0. The lowest BCUT2D eigenvalue weighted by Crippen LogP contribution is -2.39. The number of nitrogens with one attached hydrogen (secondary N) is 1. The van der Waals surface area contributed by atoms with Crippen molar-refractivity contribution in [1.29, 1.82) is 0 Å². The second-order valence-corrected chi connectivity index (χ2v) is 6.03. The maximum absolute atomic E-state index is 13.3. The number of benzene rings is 1. The van der Waals surface area contributed by atoms with E-state index in [1.165, 1.54) is 6.07 Å². The number of aromatic nitrogens is 2. The summed E-state index contributed by atoms with van der Waals surface area (Å²) in [5.74, 6) is 1.55. The predicted octanol–water partition coefficient (Wildman–Crippen LogP) is 3.57. The van der Waals surface area contributed by atoms with E-state index in [4.69, 9.17) is 0 Å². The van der Waals surface area contributed by atoms with Crippen LogP contribution in [0.2, 0.25) is 0 Å². The Labute approximate surface area is 136 Å². The molecule has 23 heavy (non-hydrogen) atoms. The van der Waals surface area contributed by atoms with Gasteiger partial charge in [0.05, 0.1) is 0 Å². The highest BCUT2D eigenvalue weighted by Gasteiger charge is 2.20. The molecule has 5 heteroatoms. The summed E-state index contributed by atoms with van der Waals surface area (Å²) in [6.07, 6.45) is 2.94. The largest absolute Gasteiger partial charge is 0.371 e. The topological polar surface area (TPSA) is 41.0 Å². The first kappa shape index (κ1) is 15.7. The molecule has 1 aromatic carbocycles. The van der Waals surface area contributed by atoms with E-state index in [0.29, 0.717) is 6.04 Å². The van der Waals surface area contributed by atoms with E-state index >= 15 is 0 Å². The normalized spacial score (nSPS) is 15.7. The van der Waals surface area contributed by atoms with E-state index in [9.17, 15) is 4.39 Å². The monoisotopic (exact) mass is 314 g/mol. The first-order chi connectivity index (χ1) is 11.1. The van der Waals surface area contributed by atoms with Gasteiger partial charge in [-0.15, -0.1) is 0 Å². The van der Waals surface area contributed by atoms with Crippen molar-refractivity contribution in [2.24, 2.45) is 0 Å². The van der Waals surface area contributed by atoms with Crippen LogP contribution in [0.4, 0.5) is 15.9 Å². The minimum Gasteiger partial charge on any atom is -0.371 e. The van der Waals surface area contributed by atoms with Gasteiger partial charge in [0.1, 0.15) is 17.5 Å². The van der Waals surface area contributed by atoms with E-state index in [-0.39, 0.29) is 5.82 Å². The molecule has 1 saturated heterocycles. The molecule has 0 spiro atoms. The van der Waals surface area contributed by atoms with E-state index in [1.807, 2.05) is 19.1 Å². The average molecular weight is 314 g/mol. The number of piperidine rings is 1. The smallest absolute Gasteiger partial charge is 0.130 e. The van der Waals surface area contributed by atoms with Crippen molar-refractivity contribution in [1.82, 2.24) is 9.97 Å². The van der Waals surface area contributed by atoms with Crippen LogP contribution < -0.4 is 10.2 Å². The predicted molar refractivity (Wildman–Crippen MR) is 91.4 cm³/mol. The number of hydrogen-bond donors (Lipinski definition) is 1. The highest BCUT2D eigenvalue weighted by molar-refractivity contribution is 5.47. The van der Waals surface area contributed by atoms with Crippen LogP contribution in [0.25, 0.3) is 0 Å². The molecule has 0 saturated carbocycles. The molecule has 0 atom stereocenters. The molecule has 2 aromatic rings. The van der Waals surface area contributed by atoms with E-state index in [1.54, 1.807) is 12.1 Å². The first-order valence-corrected chi connectivity index (χ1v) is 8.25. The third kappa shape index (κ3) is 3.97. The maximum atomic E-state index is 13.3. The number of halogens is 1. The molecule has 0 radical (unpaired) electrons. The summed E-state index contributed by atoms with van der Waals surface area (Å²) in [5.41, 5.74) is 2.03. The van der Waals surface area contributed by atoms with Gasteiger partial charge in [0.15, 0.2) is 0 Å². The van der Waals surface area contributed by atoms with Gasteiger partial charge >= 0.3 is 0 Å². The second-order valence-electron chi connectivity index (χ2n) is 6.03. The lowest BCUT2D eigenvalue weighted by atomic mass is 10.0. The molecule has 1 aliphatic heterocycles. The molecule has 1 aromatic heterocycles. The SMILES string of the molecule is CCc1cc(NC2CCN(c3cccc(F)c3)CC2)nc(C)n1. The van der Waals surface area contributed by atoms with Crippen LogP contribution in [0, 0.1) is 12.7 Å². The molecular formula is C18H23FN4. The summed E-state index contributed by atoms with van der Waals surface area (Å²) >= 11 is 0. The summed E-state index contributed by atoms with van der Waals surface area (Å²) in [5, 5.41) is 3.53. The molecular weight excluding hydrogens is 291 g/mol. The van der Waals surface area contributed by atoms with Crippen LogP contribution in [0.3, 0.4) is 0 Å². The summed E-state index contributed by atoms with van der Waals surface area (Å²) < 4.78 is 13.3. The molecule has 2 heterocycles. The molecule has 0 bridgehead atoms. The van der Waals surface area contributed by atoms with Crippen LogP contribution in [-0.4, -0.2) is 29.1 Å². The fourth-order valence-electron chi connectivity index (χ4n) is 3.05.